The highest BCUT2D eigenvalue weighted by Gasteiger charge is 2.05. The third-order valence-corrected chi connectivity index (χ3v) is 2.79. The van der Waals surface area contributed by atoms with Gasteiger partial charge in [-0.25, -0.2) is 0 Å². The van der Waals surface area contributed by atoms with Crippen LogP contribution in [0, 0.1) is 0 Å². The van der Waals surface area contributed by atoms with Crippen molar-refractivity contribution in [1.82, 2.24) is 5.32 Å². The first-order chi connectivity index (χ1) is 9.31. The Hall–Kier alpha value is -2.29. The minimum atomic E-state index is -0.0165. The van der Waals surface area contributed by atoms with E-state index >= 15 is 0 Å². The lowest BCUT2D eigenvalue weighted by molar-refractivity contribution is -0.121. The van der Waals surface area contributed by atoms with Crippen LogP contribution in [0.3, 0.4) is 0 Å². The van der Waals surface area contributed by atoms with Crippen LogP contribution in [0.4, 0.5) is 0 Å². The van der Waals surface area contributed by atoms with Crippen molar-refractivity contribution < 1.29 is 9.53 Å². The quantitative estimate of drug-likeness (QED) is 0.833. The fraction of sp³-hybridized carbons (Fsp3) is 0.188. The molecule has 0 aliphatic heterocycles. The number of benzene rings is 2. The molecule has 0 unspecified atom stereocenters. The van der Waals surface area contributed by atoms with Gasteiger partial charge in [0.25, 0.3) is 0 Å². The molecule has 1 N–H and O–H groups in total. The summed E-state index contributed by atoms with van der Waals surface area (Å²) in [6, 6.07) is 17.8. The number of amides is 1. The fourth-order valence-electron chi connectivity index (χ4n) is 1.77. The molecule has 0 aliphatic carbocycles. The summed E-state index contributed by atoms with van der Waals surface area (Å²) in [5, 5.41) is 2.70. The van der Waals surface area contributed by atoms with Gasteiger partial charge in [0, 0.05) is 12.0 Å². The van der Waals surface area contributed by atoms with E-state index in [1.165, 1.54) is 0 Å². The number of para-hydroxylation sites is 1. The summed E-state index contributed by atoms with van der Waals surface area (Å²) in [5.74, 6) is 0.752. The maximum atomic E-state index is 11.2. The minimum absolute atomic E-state index is 0.0165. The van der Waals surface area contributed by atoms with Crippen molar-refractivity contribution in [3.63, 3.8) is 0 Å². The van der Waals surface area contributed by atoms with Gasteiger partial charge in [0.15, 0.2) is 6.73 Å². The third kappa shape index (κ3) is 3.58. The topological polar surface area (TPSA) is 38.3 Å². The Morgan fingerprint density at radius 2 is 1.74 bits per heavy atom. The van der Waals surface area contributed by atoms with Gasteiger partial charge in [-0.1, -0.05) is 55.5 Å². The highest BCUT2D eigenvalue weighted by atomic mass is 16.5. The van der Waals surface area contributed by atoms with E-state index in [9.17, 15) is 4.79 Å². The largest absolute Gasteiger partial charge is 0.473 e. The van der Waals surface area contributed by atoms with Crippen molar-refractivity contribution in [1.29, 1.82) is 0 Å². The molecular formula is C16H17NO2. The first-order valence-electron chi connectivity index (χ1n) is 6.35. The Labute approximate surface area is 113 Å². The number of hydrogen-bond acceptors (Lipinski definition) is 2. The molecule has 0 atom stereocenters. The van der Waals surface area contributed by atoms with Crippen LogP contribution in [0.5, 0.6) is 5.75 Å². The number of ether oxygens (including phenoxy) is 1. The lowest BCUT2D eigenvalue weighted by atomic mass is 10.1. The standard InChI is InChI=1S/C16H17NO2/c1-2-16(18)17-12-19-15-11-7-6-10-14(15)13-8-4-3-5-9-13/h3-11H,2,12H2,1H3,(H,17,18). The fourth-order valence-corrected chi connectivity index (χ4v) is 1.77. The van der Waals surface area contributed by atoms with Crippen LogP contribution in [0.25, 0.3) is 11.1 Å². The van der Waals surface area contributed by atoms with Crippen molar-refractivity contribution in [3.8, 4) is 16.9 Å². The second kappa shape index (κ2) is 6.59. The normalized spacial score (nSPS) is 9.95. The maximum absolute atomic E-state index is 11.2. The molecule has 98 valence electrons. The third-order valence-electron chi connectivity index (χ3n) is 2.79. The highest BCUT2D eigenvalue weighted by Crippen LogP contribution is 2.29. The first-order valence-corrected chi connectivity index (χ1v) is 6.35. The van der Waals surface area contributed by atoms with Gasteiger partial charge in [-0.2, -0.15) is 0 Å². The molecule has 0 aromatic heterocycles. The average molecular weight is 255 g/mol. The Morgan fingerprint density at radius 3 is 2.47 bits per heavy atom. The van der Waals surface area contributed by atoms with Gasteiger partial charge in [0.2, 0.25) is 5.91 Å². The molecule has 3 heteroatoms. The molecule has 0 heterocycles. The van der Waals surface area contributed by atoms with E-state index in [-0.39, 0.29) is 12.6 Å². The van der Waals surface area contributed by atoms with Crippen molar-refractivity contribution in [3.05, 3.63) is 54.6 Å². The van der Waals surface area contributed by atoms with E-state index in [4.69, 9.17) is 4.74 Å². The van der Waals surface area contributed by atoms with E-state index in [1.807, 2.05) is 61.5 Å². The van der Waals surface area contributed by atoms with Crippen LogP contribution in [0.15, 0.2) is 54.6 Å². The number of rotatable bonds is 5. The van der Waals surface area contributed by atoms with Gasteiger partial charge in [-0.05, 0) is 11.6 Å². The SMILES string of the molecule is CCC(=O)NCOc1ccccc1-c1ccccc1. The Kier molecular flexibility index (Phi) is 4.56. The first kappa shape index (κ1) is 13.1. The molecule has 0 spiro atoms. The van der Waals surface area contributed by atoms with Crippen molar-refractivity contribution in [2.75, 3.05) is 6.73 Å². The highest BCUT2D eigenvalue weighted by molar-refractivity contribution is 5.75. The van der Waals surface area contributed by atoms with Gasteiger partial charge in [-0.3, -0.25) is 4.79 Å². The van der Waals surface area contributed by atoms with Crippen LogP contribution < -0.4 is 10.1 Å². The van der Waals surface area contributed by atoms with E-state index in [1.54, 1.807) is 0 Å². The summed E-state index contributed by atoms with van der Waals surface area (Å²) >= 11 is 0. The monoisotopic (exact) mass is 255 g/mol. The maximum Gasteiger partial charge on any atom is 0.222 e. The van der Waals surface area contributed by atoms with Gasteiger partial charge < -0.3 is 10.1 Å². The van der Waals surface area contributed by atoms with Crippen molar-refractivity contribution in [2.24, 2.45) is 0 Å². The molecule has 2 rings (SSSR count). The molecule has 2 aromatic rings. The lowest BCUT2D eigenvalue weighted by Crippen LogP contribution is -2.26. The molecule has 0 saturated carbocycles. The van der Waals surface area contributed by atoms with Gasteiger partial charge in [0.05, 0.1) is 0 Å². The van der Waals surface area contributed by atoms with Crippen LogP contribution in [0.2, 0.25) is 0 Å². The van der Waals surface area contributed by atoms with Crippen LogP contribution in [-0.4, -0.2) is 12.6 Å². The second-order valence-electron chi connectivity index (χ2n) is 4.10. The Balaban J connectivity index is 2.11. The second-order valence-corrected chi connectivity index (χ2v) is 4.10. The summed E-state index contributed by atoms with van der Waals surface area (Å²) in [6.07, 6.45) is 0.462. The molecular weight excluding hydrogens is 238 g/mol. The molecule has 19 heavy (non-hydrogen) atoms. The van der Waals surface area contributed by atoms with Gasteiger partial charge in [0.1, 0.15) is 5.75 Å². The predicted molar refractivity (Wildman–Crippen MR) is 75.8 cm³/mol. The van der Waals surface area contributed by atoms with Crippen molar-refractivity contribution >= 4 is 5.91 Å². The summed E-state index contributed by atoms with van der Waals surface area (Å²) in [5.41, 5.74) is 2.12. The molecule has 0 radical (unpaired) electrons. The number of hydrogen-bond donors (Lipinski definition) is 1. The van der Waals surface area contributed by atoms with Crippen LogP contribution >= 0.6 is 0 Å². The molecule has 0 bridgehead atoms. The van der Waals surface area contributed by atoms with E-state index in [0.29, 0.717) is 6.42 Å². The average Bonchev–Trinajstić information content (AvgIpc) is 2.48. The number of carbonyl (C=O) groups excluding carboxylic acids is 1. The zero-order valence-electron chi connectivity index (χ0n) is 10.9. The molecule has 2 aromatic carbocycles. The van der Waals surface area contributed by atoms with Gasteiger partial charge in [-0.15, -0.1) is 0 Å². The molecule has 3 nitrogen and oxygen atoms in total. The molecule has 1 amide bonds. The summed E-state index contributed by atoms with van der Waals surface area (Å²) in [6.45, 7) is 2.00. The zero-order valence-corrected chi connectivity index (χ0v) is 10.9. The summed E-state index contributed by atoms with van der Waals surface area (Å²) < 4.78 is 5.63. The summed E-state index contributed by atoms with van der Waals surface area (Å²) in [7, 11) is 0. The van der Waals surface area contributed by atoms with Crippen LogP contribution in [0.1, 0.15) is 13.3 Å². The minimum Gasteiger partial charge on any atom is -0.473 e. The smallest absolute Gasteiger partial charge is 0.222 e. The lowest BCUT2D eigenvalue weighted by Gasteiger charge is -2.12. The Morgan fingerprint density at radius 1 is 1.05 bits per heavy atom. The Bertz CT molecular complexity index is 537. The molecule has 0 saturated heterocycles. The number of nitrogens with one attached hydrogen (secondary N) is 1. The predicted octanol–water partition coefficient (Wildman–Crippen LogP) is 3.22. The number of carbonyl (C=O) groups is 1. The van der Waals surface area contributed by atoms with E-state index < -0.39 is 0 Å². The molecule has 0 aliphatic rings. The van der Waals surface area contributed by atoms with E-state index in [2.05, 4.69) is 5.32 Å². The zero-order chi connectivity index (χ0) is 13.5. The van der Waals surface area contributed by atoms with Crippen molar-refractivity contribution in [2.45, 2.75) is 13.3 Å². The van der Waals surface area contributed by atoms with E-state index in [0.717, 1.165) is 16.9 Å². The van der Waals surface area contributed by atoms with Gasteiger partial charge >= 0.3 is 0 Å². The molecule has 0 fully saturated rings. The van der Waals surface area contributed by atoms with Crippen LogP contribution in [-0.2, 0) is 4.79 Å². The summed E-state index contributed by atoms with van der Waals surface area (Å²) in [4.78, 5) is 11.2.